The zero-order chi connectivity index (χ0) is 13.4. The molecule has 0 fully saturated rings. The summed E-state index contributed by atoms with van der Waals surface area (Å²) in [4.78, 5) is 4.08. The van der Waals surface area contributed by atoms with Crippen LogP contribution in [0.1, 0.15) is 39.0 Å². The maximum atomic E-state index is 4.08. The van der Waals surface area contributed by atoms with Crippen LogP contribution in [0.15, 0.2) is 43.6 Å². The summed E-state index contributed by atoms with van der Waals surface area (Å²) in [5.74, 6) is 0. The molecule has 1 rings (SSSR count). The molecule has 1 aromatic rings. The Kier molecular flexibility index (Phi) is 24.2. The van der Waals surface area contributed by atoms with Gasteiger partial charge in [0.2, 0.25) is 0 Å². The smallest absolute Gasteiger partial charge is 0.0401 e. The fourth-order valence-electron chi connectivity index (χ4n) is 0.565. The van der Waals surface area contributed by atoms with Gasteiger partial charge in [-0.3, -0.25) is 4.98 Å². The number of allylic oxidation sites excluding steroid dienone is 2. The minimum Gasteiger partial charge on any atom is -0.261 e. The summed E-state index contributed by atoms with van der Waals surface area (Å²) in [5, 5.41) is 0. The third-order valence-electron chi connectivity index (χ3n) is 1.44. The van der Waals surface area contributed by atoms with E-state index in [1.807, 2.05) is 46.9 Å². The quantitative estimate of drug-likeness (QED) is 0.600. The molecule has 0 aromatic carbocycles. The lowest BCUT2D eigenvalue weighted by molar-refractivity contribution is 1.15. The molecule has 1 heterocycles. The van der Waals surface area contributed by atoms with Gasteiger partial charge in [-0.25, -0.2) is 0 Å². The van der Waals surface area contributed by atoms with Crippen LogP contribution in [0.25, 0.3) is 0 Å². The second-order valence-electron chi connectivity index (χ2n) is 2.38. The highest BCUT2D eigenvalue weighted by Gasteiger charge is 1.85. The number of hydrogen-bond acceptors (Lipinski definition) is 1. The van der Waals surface area contributed by atoms with E-state index in [-0.39, 0.29) is 0 Å². The molecule has 0 bridgehead atoms. The lowest BCUT2D eigenvalue weighted by Gasteiger charge is -1.92. The van der Waals surface area contributed by atoms with Gasteiger partial charge in [0.15, 0.2) is 0 Å². The van der Waals surface area contributed by atoms with Crippen molar-refractivity contribution in [3.05, 3.63) is 54.9 Å². The first-order chi connectivity index (χ1) is 7.72. The van der Waals surface area contributed by atoms with Gasteiger partial charge < -0.3 is 0 Å². The first kappa shape index (κ1) is 20.1. The molecule has 16 heavy (non-hydrogen) atoms. The second-order valence-corrected chi connectivity index (χ2v) is 2.38. The minimum absolute atomic E-state index is 1.12. The van der Waals surface area contributed by atoms with Crippen LogP contribution in [0.4, 0.5) is 0 Å². The van der Waals surface area contributed by atoms with E-state index in [0.29, 0.717) is 0 Å². The molecule has 0 amide bonds. The summed E-state index contributed by atoms with van der Waals surface area (Å²) < 4.78 is 0. The third kappa shape index (κ3) is 15.1. The van der Waals surface area contributed by atoms with Crippen LogP contribution in [0.3, 0.4) is 0 Å². The number of nitrogens with zero attached hydrogens (tertiary/aromatic N) is 1. The van der Waals surface area contributed by atoms with Crippen molar-refractivity contribution in [2.45, 2.75) is 41.5 Å². The Bertz CT molecular complexity index is 224. The molecule has 0 saturated heterocycles. The largest absolute Gasteiger partial charge is 0.261 e. The van der Waals surface area contributed by atoms with Crippen molar-refractivity contribution >= 4 is 0 Å². The van der Waals surface area contributed by atoms with Crippen LogP contribution in [0.5, 0.6) is 0 Å². The third-order valence-corrected chi connectivity index (χ3v) is 1.44. The Hall–Kier alpha value is -1.37. The molecule has 1 heteroatoms. The van der Waals surface area contributed by atoms with Gasteiger partial charge in [-0.15, -0.1) is 0 Å². The maximum Gasteiger partial charge on any atom is 0.0401 e. The molecular formula is C15H27N. The Labute approximate surface area is 102 Å². The number of pyridine rings is 1. The van der Waals surface area contributed by atoms with Crippen LogP contribution >= 0.6 is 0 Å². The van der Waals surface area contributed by atoms with Crippen LogP contribution in [0, 0.1) is 13.8 Å². The first-order valence-corrected chi connectivity index (χ1v) is 5.84. The number of hydrogen-bond donors (Lipinski definition) is 0. The van der Waals surface area contributed by atoms with Crippen LogP contribution in [0.2, 0.25) is 0 Å². The Morgan fingerprint density at radius 2 is 1.44 bits per heavy atom. The van der Waals surface area contributed by atoms with E-state index in [4.69, 9.17) is 0 Å². The topological polar surface area (TPSA) is 12.9 Å². The van der Waals surface area contributed by atoms with Crippen molar-refractivity contribution in [3.8, 4) is 0 Å². The van der Waals surface area contributed by atoms with Gasteiger partial charge in [-0.2, -0.15) is 0 Å². The summed E-state index contributed by atoms with van der Waals surface area (Å²) in [5.41, 5.74) is 2.38. The molecule has 92 valence electrons. The van der Waals surface area contributed by atoms with Crippen LogP contribution in [-0.4, -0.2) is 4.98 Å². The molecule has 0 saturated carbocycles. The predicted molar refractivity (Wildman–Crippen MR) is 76.8 cm³/mol. The predicted octanol–water partition coefficient (Wildman–Crippen LogP) is 5.11. The van der Waals surface area contributed by atoms with Crippen molar-refractivity contribution in [3.63, 3.8) is 0 Å². The van der Waals surface area contributed by atoms with E-state index in [1.165, 1.54) is 5.56 Å². The molecule has 0 atom stereocenters. The zero-order valence-electron chi connectivity index (χ0n) is 11.7. The standard InChI is InChI=1S/C7H9N.C4H6.2C2H6/c1-6-4-3-5-8-7(6)2;1-3-4-2;2*1-2/h3-5H,1-2H3;3-4H,1-2H2;2*1-2H3. The van der Waals surface area contributed by atoms with Crippen LogP contribution < -0.4 is 0 Å². The van der Waals surface area contributed by atoms with Crippen molar-refractivity contribution in [1.29, 1.82) is 0 Å². The fraction of sp³-hybridized carbons (Fsp3) is 0.400. The van der Waals surface area contributed by atoms with Crippen molar-refractivity contribution in [1.82, 2.24) is 4.98 Å². The number of aryl methyl sites for hydroxylation is 2. The first-order valence-electron chi connectivity index (χ1n) is 5.84. The number of rotatable bonds is 1. The Morgan fingerprint density at radius 3 is 1.62 bits per heavy atom. The van der Waals surface area contributed by atoms with Gasteiger partial charge in [0, 0.05) is 11.9 Å². The molecule has 0 radical (unpaired) electrons. The molecule has 0 aliphatic carbocycles. The normalized spacial score (nSPS) is 6.62. The summed E-state index contributed by atoms with van der Waals surface area (Å²) >= 11 is 0. The molecule has 0 aliphatic rings. The Balaban J connectivity index is -0.000000181. The highest BCUT2D eigenvalue weighted by atomic mass is 14.6. The summed E-state index contributed by atoms with van der Waals surface area (Å²) in [6.45, 7) is 18.8. The average Bonchev–Trinajstić information content (AvgIpc) is 2.38. The molecule has 1 nitrogen and oxygen atoms in total. The van der Waals surface area contributed by atoms with E-state index in [9.17, 15) is 0 Å². The molecule has 0 unspecified atom stereocenters. The molecule has 0 aliphatic heterocycles. The maximum absolute atomic E-state index is 4.08. The highest BCUT2D eigenvalue weighted by molar-refractivity contribution is 5.15. The van der Waals surface area contributed by atoms with Gasteiger partial charge >= 0.3 is 0 Å². The average molecular weight is 221 g/mol. The monoisotopic (exact) mass is 221 g/mol. The molecule has 0 spiro atoms. The van der Waals surface area contributed by atoms with Crippen molar-refractivity contribution in [2.75, 3.05) is 0 Å². The zero-order valence-corrected chi connectivity index (χ0v) is 11.7. The van der Waals surface area contributed by atoms with E-state index >= 15 is 0 Å². The molecule has 1 aromatic heterocycles. The van der Waals surface area contributed by atoms with Gasteiger partial charge in [-0.05, 0) is 25.5 Å². The fourth-order valence-corrected chi connectivity index (χ4v) is 0.565. The summed E-state index contributed by atoms with van der Waals surface area (Å²) in [6, 6.07) is 4.00. The minimum atomic E-state index is 1.12. The van der Waals surface area contributed by atoms with Gasteiger partial charge in [0.25, 0.3) is 0 Å². The second kappa shape index (κ2) is 19.2. The molecule has 0 N–H and O–H groups in total. The highest BCUT2D eigenvalue weighted by Crippen LogP contribution is 1.98. The lowest BCUT2D eigenvalue weighted by Crippen LogP contribution is -1.81. The van der Waals surface area contributed by atoms with E-state index in [1.54, 1.807) is 12.2 Å². The van der Waals surface area contributed by atoms with Gasteiger partial charge in [0.05, 0.1) is 0 Å². The summed E-state index contributed by atoms with van der Waals surface area (Å²) in [7, 11) is 0. The number of aromatic nitrogens is 1. The van der Waals surface area contributed by atoms with Crippen molar-refractivity contribution in [2.24, 2.45) is 0 Å². The van der Waals surface area contributed by atoms with Gasteiger partial charge in [0.1, 0.15) is 0 Å². The van der Waals surface area contributed by atoms with Gasteiger partial charge in [-0.1, -0.05) is 59.1 Å². The SMILES string of the molecule is C=CC=C.CC.CC.Cc1cccnc1C. The molecular weight excluding hydrogens is 194 g/mol. The van der Waals surface area contributed by atoms with Crippen molar-refractivity contribution < 1.29 is 0 Å². The van der Waals surface area contributed by atoms with E-state index in [2.05, 4.69) is 31.1 Å². The Morgan fingerprint density at radius 1 is 1.00 bits per heavy atom. The lowest BCUT2D eigenvalue weighted by atomic mass is 10.2. The van der Waals surface area contributed by atoms with E-state index in [0.717, 1.165) is 5.69 Å². The van der Waals surface area contributed by atoms with E-state index < -0.39 is 0 Å². The van der Waals surface area contributed by atoms with Crippen LogP contribution in [-0.2, 0) is 0 Å². The summed E-state index contributed by atoms with van der Waals surface area (Å²) in [6.07, 6.45) is 5.09.